The largest absolute Gasteiger partial charge is 0.478 e. The Kier molecular flexibility index (Phi) is 7.16. The molecule has 1 aliphatic heterocycles. The van der Waals surface area contributed by atoms with Gasteiger partial charge in [-0.15, -0.1) is 0 Å². The first-order valence-electron chi connectivity index (χ1n) is 9.73. The maximum absolute atomic E-state index is 12.6. The van der Waals surface area contributed by atoms with Gasteiger partial charge in [0.1, 0.15) is 0 Å². The van der Waals surface area contributed by atoms with E-state index in [2.05, 4.69) is 26.3 Å². The average Bonchev–Trinajstić information content (AvgIpc) is 2.71. The van der Waals surface area contributed by atoms with Crippen molar-refractivity contribution in [2.24, 2.45) is 5.92 Å². The lowest BCUT2D eigenvalue weighted by Crippen LogP contribution is -2.43. The van der Waals surface area contributed by atoms with E-state index in [9.17, 15) is 4.79 Å². The number of ether oxygens (including phenoxy) is 1. The minimum atomic E-state index is 0.0368. The number of aromatic nitrogens is 2. The summed E-state index contributed by atoms with van der Waals surface area (Å²) in [4.78, 5) is 23.5. The van der Waals surface area contributed by atoms with Crippen molar-refractivity contribution in [3.8, 4) is 5.88 Å². The summed E-state index contributed by atoms with van der Waals surface area (Å²) in [6.45, 7) is 5.73. The SMILES string of the molecule is CCOc1ncccc1CN1CCCC(C(=O)NCCc2ccccn2)C1. The van der Waals surface area contributed by atoms with E-state index >= 15 is 0 Å². The van der Waals surface area contributed by atoms with Crippen LogP contribution < -0.4 is 10.1 Å². The van der Waals surface area contributed by atoms with E-state index in [1.54, 1.807) is 12.4 Å². The Morgan fingerprint density at radius 2 is 2.15 bits per heavy atom. The van der Waals surface area contributed by atoms with Crippen molar-refractivity contribution in [1.29, 1.82) is 0 Å². The molecule has 0 radical (unpaired) electrons. The number of rotatable bonds is 8. The molecule has 1 N–H and O–H groups in total. The number of amides is 1. The molecule has 0 saturated carbocycles. The molecule has 6 nitrogen and oxygen atoms in total. The quantitative estimate of drug-likeness (QED) is 0.775. The lowest BCUT2D eigenvalue weighted by Gasteiger charge is -2.32. The zero-order chi connectivity index (χ0) is 18.9. The fourth-order valence-electron chi connectivity index (χ4n) is 3.47. The predicted octanol–water partition coefficient (Wildman–Crippen LogP) is 2.45. The highest BCUT2D eigenvalue weighted by molar-refractivity contribution is 5.78. The highest BCUT2D eigenvalue weighted by atomic mass is 16.5. The molecule has 0 aliphatic carbocycles. The topological polar surface area (TPSA) is 67.3 Å². The Hall–Kier alpha value is -2.47. The van der Waals surface area contributed by atoms with Crippen LogP contribution in [0.15, 0.2) is 42.7 Å². The molecule has 1 amide bonds. The lowest BCUT2D eigenvalue weighted by atomic mass is 9.96. The van der Waals surface area contributed by atoms with Crippen LogP contribution in [0.1, 0.15) is 31.0 Å². The lowest BCUT2D eigenvalue weighted by molar-refractivity contribution is -0.126. The van der Waals surface area contributed by atoms with Crippen molar-refractivity contribution in [3.63, 3.8) is 0 Å². The zero-order valence-corrected chi connectivity index (χ0v) is 15.9. The molecule has 144 valence electrons. The van der Waals surface area contributed by atoms with Crippen molar-refractivity contribution in [2.45, 2.75) is 32.7 Å². The minimum Gasteiger partial charge on any atom is -0.478 e. The summed E-state index contributed by atoms with van der Waals surface area (Å²) in [5.74, 6) is 0.878. The Morgan fingerprint density at radius 3 is 2.96 bits per heavy atom. The molecule has 3 heterocycles. The standard InChI is InChI=1S/C21H28N4O2/c1-2-27-21-18(7-5-12-24-21)16-25-14-6-8-17(15-25)20(26)23-13-10-19-9-3-4-11-22-19/h3-5,7,9,11-12,17H,2,6,8,10,13-16H2,1H3,(H,23,26). The van der Waals surface area contributed by atoms with E-state index in [0.717, 1.165) is 50.2 Å². The molecular formula is C21H28N4O2. The van der Waals surface area contributed by atoms with Gasteiger partial charge in [0.05, 0.1) is 12.5 Å². The van der Waals surface area contributed by atoms with Crippen molar-refractivity contribution in [1.82, 2.24) is 20.2 Å². The Labute approximate surface area is 161 Å². The van der Waals surface area contributed by atoms with Crippen LogP contribution in [0, 0.1) is 5.92 Å². The second kappa shape index (κ2) is 10.0. The molecule has 1 aliphatic rings. The third-order valence-electron chi connectivity index (χ3n) is 4.81. The summed E-state index contributed by atoms with van der Waals surface area (Å²) in [5.41, 5.74) is 2.08. The number of pyridine rings is 2. The monoisotopic (exact) mass is 368 g/mol. The molecule has 0 aromatic carbocycles. The number of carbonyl (C=O) groups is 1. The van der Waals surface area contributed by atoms with Gasteiger partial charge in [0, 0.05) is 49.7 Å². The molecule has 1 fully saturated rings. The molecule has 3 rings (SSSR count). The van der Waals surface area contributed by atoms with Crippen LogP contribution >= 0.6 is 0 Å². The average molecular weight is 368 g/mol. The van der Waals surface area contributed by atoms with Crippen LogP contribution in [-0.4, -0.2) is 47.0 Å². The molecule has 2 aromatic rings. The third-order valence-corrected chi connectivity index (χ3v) is 4.81. The van der Waals surface area contributed by atoms with E-state index in [1.807, 2.05) is 31.2 Å². The van der Waals surface area contributed by atoms with Crippen molar-refractivity contribution >= 4 is 5.91 Å². The molecule has 1 atom stereocenters. The summed E-state index contributed by atoms with van der Waals surface area (Å²) >= 11 is 0. The van der Waals surface area contributed by atoms with Gasteiger partial charge in [-0.1, -0.05) is 12.1 Å². The first-order valence-corrected chi connectivity index (χ1v) is 9.73. The third kappa shape index (κ3) is 5.76. The number of nitrogens with zero attached hydrogens (tertiary/aromatic N) is 3. The number of nitrogens with one attached hydrogen (secondary N) is 1. The van der Waals surface area contributed by atoms with Gasteiger partial charge in [0.2, 0.25) is 11.8 Å². The van der Waals surface area contributed by atoms with Crippen LogP contribution in [0.3, 0.4) is 0 Å². The smallest absolute Gasteiger partial charge is 0.224 e. The Balaban J connectivity index is 1.49. The van der Waals surface area contributed by atoms with E-state index in [1.165, 1.54) is 0 Å². The maximum Gasteiger partial charge on any atom is 0.224 e. The second-order valence-corrected chi connectivity index (χ2v) is 6.84. The van der Waals surface area contributed by atoms with E-state index in [-0.39, 0.29) is 11.8 Å². The summed E-state index contributed by atoms with van der Waals surface area (Å²) in [6.07, 6.45) is 6.27. The van der Waals surface area contributed by atoms with E-state index in [0.29, 0.717) is 19.0 Å². The maximum atomic E-state index is 12.6. The summed E-state index contributed by atoms with van der Waals surface area (Å²) in [6, 6.07) is 9.84. The number of piperidine rings is 1. The first kappa shape index (κ1) is 19.3. The molecule has 27 heavy (non-hydrogen) atoms. The van der Waals surface area contributed by atoms with Crippen LogP contribution in [0.2, 0.25) is 0 Å². The second-order valence-electron chi connectivity index (χ2n) is 6.84. The van der Waals surface area contributed by atoms with Crippen LogP contribution in [0.4, 0.5) is 0 Å². The number of hydrogen-bond acceptors (Lipinski definition) is 5. The molecule has 0 bridgehead atoms. The Bertz CT molecular complexity index is 723. The van der Waals surface area contributed by atoms with Gasteiger partial charge in [-0.25, -0.2) is 4.98 Å². The minimum absolute atomic E-state index is 0.0368. The van der Waals surface area contributed by atoms with Gasteiger partial charge in [0.25, 0.3) is 0 Å². The summed E-state index contributed by atoms with van der Waals surface area (Å²) in [5, 5.41) is 3.07. The first-order chi connectivity index (χ1) is 13.3. The normalized spacial score (nSPS) is 17.4. The molecule has 2 aromatic heterocycles. The van der Waals surface area contributed by atoms with Crippen molar-refractivity contribution < 1.29 is 9.53 Å². The fourth-order valence-corrected chi connectivity index (χ4v) is 3.47. The molecule has 1 saturated heterocycles. The van der Waals surface area contributed by atoms with Gasteiger partial charge < -0.3 is 10.1 Å². The molecular weight excluding hydrogens is 340 g/mol. The highest BCUT2D eigenvalue weighted by Crippen LogP contribution is 2.22. The van der Waals surface area contributed by atoms with Gasteiger partial charge in [-0.3, -0.25) is 14.7 Å². The molecule has 1 unspecified atom stereocenters. The molecule has 0 spiro atoms. The number of carbonyl (C=O) groups excluding carboxylic acids is 1. The number of likely N-dealkylation sites (tertiary alicyclic amines) is 1. The fraction of sp³-hybridized carbons (Fsp3) is 0.476. The zero-order valence-electron chi connectivity index (χ0n) is 15.9. The van der Waals surface area contributed by atoms with Crippen molar-refractivity contribution in [3.05, 3.63) is 54.0 Å². The molecule has 6 heteroatoms. The summed E-state index contributed by atoms with van der Waals surface area (Å²) in [7, 11) is 0. The number of hydrogen-bond donors (Lipinski definition) is 1. The Morgan fingerprint density at radius 1 is 1.26 bits per heavy atom. The van der Waals surface area contributed by atoms with E-state index in [4.69, 9.17) is 4.74 Å². The van der Waals surface area contributed by atoms with Crippen LogP contribution in [-0.2, 0) is 17.8 Å². The van der Waals surface area contributed by atoms with Crippen LogP contribution in [0.25, 0.3) is 0 Å². The van der Waals surface area contributed by atoms with Gasteiger partial charge >= 0.3 is 0 Å². The summed E-state index contributed by atoms with van der Waals surface area (Å²) < 4.78 is 5.63. The van der Waals surface area contributed by atoms with Crippen LogP contribution in [0.5, 0.6) is 5.88 Å². The van der Waals surface area contributed by atoms with Crippen molar-refractivity contribution in [2.75, 3.05) is 26.2 Å². The predicted molar refractivity (Wildman–Crippen MR) is 104 cm³/mol. The van der Waals surface area contributed by atoms with E-state index < -0.39 is 0 Å². The highest BCUT2D eigenvalue weighted by Gasteiger charge is 2.26. The van der Waals surface area contributed by atoms with Gasteiger partial charge in [-0.05, 0) is 44.5 Å². The van der Waals surface area contributed by atoms with Gasteiger partial charge in [0.15, 0.2) is 0 Å². The van der Waals surface area contributed by atoms with Gasteiger partial charge in [-0.2, -0.15) is 0 Å².